The summed E-state index contributed by atoms with van der Waals surface area (Å²) in [4.78, 5) is 27.1. The molecule has 2 atom stereocenters. The minimum Gasteiger partial charge on any atom is -0.392 e. The highest BCUT2D eigenvalue weighted by atomic mass is 16.3. The fourth-order valence-corrected chi connectivity index (χ4v) is 5.05. The molecule has 1 fully saturated rings. The number of aliphatic hydroxyl groups excluding tert-OH is 1. The Morgan fingerprint density at radius 2 is 2.00 bits per heavy atom. The summed E-state index contributed by atoms with van der Waals surface area (Å²) in [5.74, 6) is 0.687. The van der Waals surface area contributed by atoms with Crippen molar-refractivity contribution in [2.75, 3.05) is 19.6 Å². The second kappa shape index (κ2) is 11.6. The molecule has 1 unspecified atom stereocenters. The van der Waals surface area contributed by atoms with Crippen LogP contribution in [-0.2, 0) is 22.6 Å². The van der Waals surface area contributed by atoms with Gasteiger partial charge in [-0.1, -0.05) is 44.4 Å². The van der Waals surface area contributed by atoms with E-state index in [1.165, 1.54) is 30.4 Å². The molecule has 0 saturated heterocycles. The quantitative estimate of drug-likeness (QED) is 0.563. The summed E-state index contributed by atoms with van der Waals surface area (Å²) in [5, 5.41) is 15.6. The lowest BCUT2D eigenvalue weighted by molar-refractivity contribution is -0.135. The number of fused-ring (bicyclic) bond motifs is 1. The molecule has 0 aromatic heterocycles. The Labute approximate surface area is 186 Å². The van der Waals surface area contributed by atoms with Gasteiger partial charge in [0.15, 0.2) is 0 Å². The van der Waals surface area contributed by atoms with Gasteiger partial charge in [0.2, 0.25) is 11.8 Å². The lowest BCUT2D eigenvalue weighted by Crippen LogP contribution is -2.47. The zero-order chi connectivity index (χ0) is 22.2. The predicted octanol–water partition coefficient (Wildman–Crippen LogP) is 3.08. The van der Waals surface area contributed by atoms with Crippen LogP contribution in [0.1, 0.15) is 81.5 Å². The van der Waals surface area contributed by atoms with Crippen molar-refractivity contribution in [2.45, 2.75) is 83.9 Å². The summed E-state index contributed by atoms with van der Waals surface area (Å²) in [5.41, 5.74) is 3.70. The van der Waals surface area contributed by atoms with Gasteiger partial charge in [-0.3, -0.25) is 9.59 Å². The SMILES string of the molecule is CCCC(=O)NCc1ccc2c(c1)C(C1CCCCC1)N(C(=O)CNC[C@@H](C)O)CC2. The largest absolute Gasteiger partial charge is 0.392 e. The molecule has 0 radical (unpaired) electrons. The van der Waals surface area contributed by atoms with Gasteiger partial charge in [-0.05, 0) is 55.2 Å². The molecule has 1 aromatic rings. The minimum atomic E-state index is -0.463. The number of hydrogen-bond acceptors (Lipinski definition) is 4. The van der Waals surface area contributed by atoms with Gasteiger partial charge in [0.1, 0.15) is 0 Å². The summed E-state index contributed by atoms with van der Waals surface area (Å²) in [7, 11) is 0. The first kappa shape index (κ1) is 23.7. The molecule has 3 N–H and O–H groups in total. The Kier molecular flexibility index (Phi) is 8.90. The molecule has 1 saturated carbocycles. The van der Waals surface area contributed by atoms with E-state index in [-0.39, 0.29) is 24.4 Å². The Bertz CT molecular complexity index is 744. The van der Waals surface area contributed by atoms with Gasteiger partial charge in [0, 0.05) is 26.1 Å². The number of hydrogen-bond donors (Lipinski definition) is 3. The van der Waals surface area contributed by atoms with Crippen molar-refractivity contribution in [1.82, 2.24) is 15.5 Å². The van der Waals surface area contributed by atoms with E-state index in [1.807, 2.05) is 6.92 Å². The number of benzene rings is 1. The topological polar surface area (TPSA) is 81.7 Å². The fourth-order valence-electron chi connectivity index (χ4n) is 5.05. The van der Waals surface area contributed by atoms with E-state index in [0.717, 1.165) is 37.8 Å². The molecule has 1 aliphatic carbocycles. The molecule has 31 heavy (non-hydrogen) atoms. The number of carbonyl (C=O) groups is 2. The van der Waals surface area contributed by atoms with Gasteiger partial charge in [-0.15, -0.1) is 0 Å². The Balaban J connectivity index is 1.80. The van der Waals surface area contributed by atoms with Crippen molar-refractivity contribution in [3.05, 3.63) is 34.9 Å². The predicted molar refractivity (Wildman–Crippen MR) is 122 cm³/mol. The highest BCUT2D eigenvalue weighted by molar-refractivity contribution is 5.79. The molecule has 1 heterocycles. The van der Waals surface area contributed by atoms with Crippen LogP contribution in [-0.4, -0.2) is 47.6 Å². The van der Waals surface area contributed by atoms with Gasteiger partial charge in [0.05, 0.1) is 18.7 Å². The average molecular weight is 430 g/mol. The van der Waals surface area contributed by atoms with Crippen molar-refractivity contribution in [3.8, 4) is 0 Å². The maximum atomic E-state index is 13.1. The van der Waals surface area contributed by atoms with Gasteiger partial charge in [-0.2, -0.15) is 0 Å². The smallest absolute Gasteiger partial charge is 0.237 e. The van der Waals surface area contributed by atoms with E-state index in [0.29, 0.717) is 25.4 Å². The van der Waals surface area contributed by atoms with Crippen molar-refractivity contribution in [2.24, 2.45) is 5.92 Å². The monoisotopic (exact) mass is 429 g/mol. The van der Waals surface area contributed by atoms with Crippen LogP contribution >= 0.6 is 0 Å². The number of nitrogens with zero attached hydrogens (tertiary/aromatic N) is 1. The van der Waals surface area contributed by atoms with Crippen LogP contribution in [0.2, 0.25) is 0 Å². The van der Waals surface area contributed by atoms with Crippen LogP contribution < -0.4 is 10.6 Å². The molecule has 6 nitrogen and oxygen atoms in total. The van der Waals surface area contributed by atoms with Crippen LogP contribution in [0, 0.1) is 5.92 Å². The van der Waals surface area contributed by atoms with E-state index in [4.69, 9.17) is 0 Å². The molecule has 1 aliphatic heterocycles. The lowest BCUT2D eigenvalue weighted by Gasteiger charge is -2.43. The molecule has 2 amide bonds. The summed E-state index contributed by atoms with van der Waals surface area (Å²) >= 11 is 0. The Morgan fingerprint density at radius 1 is 1.23 bits per heavy atom. The highest BCUT2D eigenvalue weighted by Crippen LogP contribution is 2.42. The normalized spacial score (nSPS) is 20.2. The number of amides is 2. The Morgan fingerprint density at radius 3 is 2.71 bits per heavy atom. The van der Waals surface area contributed by atoms with Gasteiger partial charge < -0.3 is 20.6 Å². The molecule has 3 rings (SSSR count). The van der Waals surface area contributed by atoms with Crippen molar-refractivity contribution >= 4 is 11.8 Å². The molecule has 6 heteroatoms. The van der Waals surface area contributed by atoms with Gasteiger partial charge in [0.25, 0.3) is 0 Å². The second-order valence-electron chi connectivity index (χ2n) is 9.22. The molecular formula is C25H39N3O3. The number of nitrogens with one attached hydrogen (secondary N) is 2. The first-order chi connectivity index (χ1) is 15.0. The van der Waals surface area contributed by atoms with Crippen LogP contribution in [0.15, 0.2) is 18.2 Å². The highest BCUT2D eigenvalue weighted by Gasteiger charge is 2.36. The van der Waals surface area contributed by atoms with E-state index >= 15 is 0 Å². The first-order valence-corrected chi connectivity index (χ1v) is 12.1. The van der Waals surface area contributed by atoms with Crippen molar-refractivity contribution in [3.63, 3.8) is 0 Å². The summed E-state index contributed by atoms with van der Waals surface area (Å²) in [6.07, 6.45) is 7.86. The Hall–Kier alpha value is -1.92. The first-order valence-electron chi connectivity index (χ1n) is 12.1. The van der Waals surface area contributed by atoms with Crippen molar-refractivity contribution < 1.29 is 14.7 Å². The molecule has 172 valence electrons. The second-order valence-corrected chi connectivity index (χ2v) is 9.22. The third-order valence-electron chi connectivity index (χ3n) is 6.59. The third kappa shape index (κ3) is 6.53. The van der Waals surface area contributed by atoms with E-state index in [9.17, 15) is 14.7 Å². The summed E-state index contributed by atoms with van der Waals surface area (Å²) < 4.78 is 0. The lowest BCUT2D eigenvalue weighted by atomic mass is 9.76. The molecule has 0 bridgehead atoms. The maximum absolute atomic E-state index is 13.1. The zero-order valence-corrected chi connectivity index (χ0v) is 19.2. The standard InChI is InChI=1S/C25H39N3O3/c1-3-7-23(30)27-16-19-10-11-20-12-13-28(24(31)17-26-15-18(2)29)25(22(20)14-19)21-8-5-4-6-9-21/h10-11,14,18,21,25-26,29H,3-9,12-13,15-17H2,1-2H3,(H,27,30)/t18-,25?/m1/s1. The molecule has 1 aromatic carbocycles. The summed E-state index contributed by atoms with van der Waals surface area (Å²) in [6.45, 7) is 5.70. The fraction of sp³-hybridized carbons (Fsp3) is 0.680. The van der Waals surface area contributed by atoms with Crippen LogP contribution in [0.25, 0.3) is 0 Å². The maximum Gasteiger partial charge on any atom is 0.237 e. The van der Waals surface area contributed by atoms with Crippen LogP contribution in [0.3, 0.4) is 0 Å². The minimum absolute atomic E-state index is 0.0880. The molecular weight excluding hydrogens is 390 g/mol. The summed E-state index contributed by atoms with van der Waals surface area (Å²) in [6, 6.07) is 6.64. The number of rotatable bonds is 9. The van der Waals surface area contributed by atoms with E-state index in [1.54, 1.807) is 6.92 Å². The third-order valence-corrected chi connectivity index (χ3v) is 6.59. The average Bonchev–Trinajstić information content (AvgIpc) is 2.77. The van der Waals surface area contributed by atoms with Crippen LogP contribution in [0.4, 0.5) is 0 Å². The molecule has 0 spiro atoms. The number of aliphatic hydroxyl groups is 1. The number of carbonyl (C=O) groups excluding carboxylic acids is 2. The van der Waals surface area contributed by atoms with E-state index in [2.05, 4.69) is 33.7 Å². The van der Waals surface area contributed by atoms with E-state index < -0.39 is 6.10 Å². The van der Waals surface area contributed by atoms with Gasteiger partial charge in [-0.25, -0.2) is 0 Å². The zero-order valence-electron chi connectivity index (χ0n) is 19.2. The van der Waals surface area contributed by atoms with Crippen molar-refractivity contribution in [1.29, 1.82) is 0 Å². The molecule has 2 aliphatic rings. The van der Waals surface area contributed by atoms with Crippen LogP contribution in [0.5, 0.6) is 0 Å². The van der Waals surface area contributed by atoms with Gasteiger partial charge >= 0.3 is 0 Å².